The molecule has 0 amide bonds. The molecule has 0 aromatic heterocycles. The molecular formula is C21H27BrFNO3. The Balaban J connectivity index is 2.01. The van der Waals surface area contributed by atoms with Crippen molar-refractivity contribution in [3.8, 4) is 11.5 Å². The Labute approximate surface area is 168 Å². The number of ether oxygens (including phenoxy) is 2. The molecule has 2 N–H and O–H groups in total. The number of aliphatic hydroxyl groups is 1. The predicted octanol–water partition coefficient (Wildman–Crippen LogP) is 4.82. The summed E-state index contributed by atoms with van der Waals surface area (Å²) in [6.45, 7) is 4.42. The summed E-state index contributed by atoms with van der Waals surface area (Å²) < 4.78 is 26.2. The van der Waals surface area contributed by atoms with Crippen LogP contribution in [0.1, 0.15) is 37.3 Å². The van der Waals surface area contributed by atoms with E-state index in [9.17, 15) is 4.39 Å². The molecule has 0 aliphatic carbocycles. The molecule has 0 aliphatic rings. The van der Waals surface area contributed by atoms with Crippen molar-refractivity contribution in [3.05, 3.63) is 57.8 Å². The molecule has 0 atom stereocenters. The third-order valence-corrected chi connectivity index (χ3v) is 4.63. The molecule has 6 heteroatoms. The molecule has 0 heterocycles. The number of rotatable bonds is 12. The molecule has 27 heavy (non-hydrogen) atoms. The smallest absolute Gasteiger partial charge is 0.175 e. The second kappa shape index (κ2) is 12.0. The van der Waals surface area contributed by atoms with Gasteiger partial charge in [-0.25, -0.2) is 4.39 Å². The molecule has 0 spiro atoms. The van der Waals surface area contributed by atoms with Crippen molar-refractivity contribution in [2.24, 2.45) is 0 Å². The molecular weight excluding hydrogens is 413 g/mol. The first kappa shape index (κ1) is 21.7. The van der Waals surface area contributed by atoms with E-state index < -0.39 is 0 Å². The number of nitrogens with one attached hydrogen (secondary N) is 1. The Morgan fingerprint density at radius 1 is 1.11 bits per heavy atom. The van der Waals surface area contributed by atoms with E-state index in [1.54, 1.807) is 18.2 Å². The normalized spacial score (nSPS) is 10.8. The van der Waals surface area contributed by atoms with Crippen molar-refractivity contribution in [1.29, 1.82) is 0 Å². The zero-order chi connectivity index (χ0) is 19.5. The zero-order valence-electron chi connectivity index (χ0n) is 15.6. The topological polar surface area (TPSA) is 50.7 Å². The molecule has 0 saturated carbocycles. The minimum absolute atomic E-state index is 0.133. The van der Waals surface area contributed by atoms with Crippen LogP contribution in [0, 0.1) is 5.82 Å². The van der Waals surface area contributed by atoms with E-state index in [2.05, 4.69) is 21.2 Å². The van der Waals surface area contributed by atoms with Gasteiger partial charge >= 0.3 is 0 Å². The highest BCUT2D eigenvalue weighted by atomic mass is 79.9. The molecule has 0 bridgehead atoms. The lowest BCUT2D eigenvalue weighted by Crippen LogP contribution is -2.15. The Bertz CT molecular complexity index is 712. The SMILES string of the molecule is CCOc1cc(CNCCCCCO)cc(Br)c1OCc1ccccc1F. The maximum Gasteiger partial charge on any atom is 0.175 e. The van der Waals surface area contributed by atoms with Crippen LogP contribution in [0.4, 0.5) is 4.39 Å². The Morgan fingerprint density at radius 2 is 1.93 bits per heavy atom. The first-order chi connectivity index (χ1) is 13.2. The van der Waals surface area contributed by atoms with Crippen LogP contribution in [-0.4, -0.2) is 24.9 Å². The maximum atomic E-state index is 13.8. The van der Waals surface area contributed by atoms with Gasteiger partial charge in [-0.1, -0.05) is 18.2 Å². The van der Waals surface area contributed by atoms with Crippen LogP contribution in [0.3, 0.4) is 0 Å². The average Bonchev–Trinajstić information content (AvgIpc) is 2.65. The Morgan fingerprint density at radius 3 is 2.67 bits per heavy atom. The third kappa shape index (κ3) is 7.13. The highest BCUT2D eigenvalue weighted by molar-refractivity contribution is 9.10. The van der Waals surface area contributed by atoms with Crippen molar-refractivity contribution in [1.82, 2.24) is 5.32 Å². The van der Waals surface area contributed by atoms with Gasteiger partial charge in [-0.05, 0) is 72.4 Å². The second-order valence-electron chi connectivity index (χ2n) is 6.18. The third-order valence-electron chi connectivity index (χ3n) is 4.04. The van der Waals surface area contributed by atoms with Crippen LogP contribution < -0.4 is 14.8 Å². The predicted molar refractivity (Wildman–Crippen MR) is 109 cm³/mol. The lowest BCUT2D eigenvalue weighted by atomic mass is 10.2. The van der Waals surface area contributed by atoms with Gasteiger partial charge in [0, 0.05) is 18.7 Å². The standard InChI is InChI=1S/C21H27BrFNO3/c1-2-26-20-13-16(14-24-10-6-3-7-11-25)12-18(22)21(20)27-15-17-8-4-5-9-19(17)23/h4-5,8-9,12-13,24-25H,2-3,6-7,10-11,14-15H2,1H3. The van der Waals surface area contributed by atoms with Gasteiger partial charge in [-0.2, -0.15) is 0 Å². The average molecular weight is 440 g/mol. The maximum absolute atomic E-state index is 13.8. The van der Waals surface area contributed by atoms with Crippen molar-refractivity contribution in [2.75, 3.05) is 19.8 Å². The van der Waals surface area contributed by atoms with Gasteiger partial charge in [-0.15, -0.1) is 0 Å². The van der Waals surface area contributed by atoms with E-state index >= 15 is 0 Å². The number of halogens is 2. The van der Waals surface area contributed by atoms with E-state index in [-0.39, 0.29) is 19.0 Å². The molecule has 4 nitrogen and oxygen atoms in total. The fourth-order valence-electron chi connectivity index (χ4n) is 2.66. The van der Waals surface area contributed by atoms with Crippen LogP contribution in [-0.2, 0) is 13.2 Å². The quantitative estimate of drug-likeness (QED) is 0.465. The van der Waals surface area contributed by atoms with Gasteiger partial charge in [-0.3, -0.25) is 0 Å². The first-order valence-electron chi connectivity index (χ1n) is 9.28. The number of hydrogen-bond acceptors (Lipinski definition) is 4. The van der Waals surface area contributed by atoms with E-state index in [4.69, 9.17) is 14.6 Å². The van der Waals surface area contributed by atoms with E-state index in [0.717, 1.165) is 35.8 Å². The number of benzene rings is 2. The minimum Gasteiger partial charge on any atom is -0.490 e. The van der Waals surface area contributed by atoms with Crippen LogP contribution in [0.25, 0.3) is 0 Å². The first-order valence-corrected chi connectivity index (χ1v) is 10.1. The van der Waals surface area contributed by atoms with Crippen molar-refractivity contribution < 1.29 is 19.0 Å². The highest BCUT2D eigenvalue weighted by Crippen LogP contribution is 2.37. The largest absolute Gasteiger partial charge is 0.490 e. The van der Waals surface area contributed by atoms with Gasteiger partial charge in [0.2, 0.25) is 0 Å². The molecule has 0 saturated heterocycles. The second-order valence-corrected chi connectivity index (χ2v) is 7.03. The van der Waals surface area contributed by atoms with Crippen LogP contribution >= 0.6 is 15.9 Å². The molecule has 0 fully saturated rings. The molecule has 2 aromatic rings. The summed E-state index contributed by atoms with van der Waals surface area (Å²) in [7, 11) is 0. The summed E-state index contributed by atoms with van der Waals surface area (Å²) >= 11 is 3.55. The van der Waals surface area contributed by atoms with Gasteiger partial charge in [0.15, 0.2) is 11.5 Å². The number of hydrogen-bond donors (Lipinski definition) is 2. The molecule has 0 aliphatic heterocycles. The van der Waals surface area contributed by atoms with Crippen LogP contribution in [0.15, 0.2) is 40.9 Å². The lowest BCUT2D eigenvalue weighted by Gasteiger charge is -2.16. The lowest BCUT2D eigenvalue weighted by molar-refractivity contribution is 0.264. The fraction of sp³-hybridized carbons (Fsp3) is 0.429. The minimum atomic E-state index is -0.284. The number of aliphatic hydroxyl groups excluding tert-OH is 1. The van der Waals surface area contributed by atoms with E-state index in [1.807, 2.05) is 19.1 Å². The van der Waals surface area contributed by atoms with Crippen molar-refractivity contribution in [3.63, 3.8) is 0 Å². The summed E-state index contributed by atoms with van der Waals surface area (Å²) in [6.07, 6.45) is 2.89. The Hall–Kier alpha value is -1.63. The summed E-state index contributed by atoms with van der Waals surface area (Å²) in [6, 6.07) is 10.5. The summed E-state index contributed by atoms with van der Waals surface area (Å²) in [4.78, 5) is 0. The highest BCUT2D eigenvalue weighted by Gasteiger charge is 2.13. The van der Waals surface area contributed by atoms with E-state index in [0.29, 0.717) is 30.2 Å². The summed E-state index contributed by atoms with van der Waals surface area (Å²) in [5.41, 5.74) is 1.58. The van der Waals surface area contributed by atoms with Gasteiger partial charge in [0.25, 0.3) is 0 Å². The van der Waals surface area contributed by atoms with E-state index in [1.165, 1.54) is 6.07 Å². The van der Waals surface area contributed by atoms with Gasteiger partial charge in [0.05, 0.1) is 11.1 Å². The number of unbranched alkanes of at least 4 members (excludes halogenated alkanes) is 2. The van der Waals surface area contributed by atoms with Gasteiger partial charge < -0.3 is 19.9 Å². The summed E-state index contributed by atoms with van der Waals surface area (Å²) in [5.74, 6) is 0.931. The molecule has 148 valence electrons. The van der Waals surface area contributed by atoms with Crippen molar-refractivity contribution >= 4 is 15.9 Å². The summed E-state index contributed by atoms with van der Waals surface area (Å²) in [5, 5.41) is 12.2. The molecule has 0 unspecified atom stereocenters. The zero-order valence-corrected chi connectivity index (χ0v) is 17.2. The van der Waals surface area contributed by atoms with Gasteiger partial charge in [0.1, 0.15) is 12.4 Å². The Kier molecular flexibility index (Phi) is 9.59. The molecule has 2 aromatic carbocycles. The fourth-order valence-corrected chi connectivity index (χ4v) is 3.27. The van der Waals surface area contributed by atoms with Crippen LogP contribution in [0.2, 0.25) is 0 Å². The van der Waals surface area contributed by atoms with Crippen LogP contribution in [0.5, 0.6) is 11.5 Å². The monoisotopic (exact) mass is 439 g/mol. The molecule has 2 rings (SSSR count). The molecule has 0 radical (unpaired) electrons. The van der Waals surface area contributed by atoms with Crippen molar-refractivity contribution in [2.45, 2.75) is 39.3 Å².